The van der Waals surface area contributed by atoms with Crippen molar-refractivity contribution in [1.29, 1.82) is 0 Å². The number of aryl methyl sites for hydroxylation is 2. The summed E-state index contributed by atoms with van der Waals surface area (Å²) in [6.45, 7) is 7.75. The van der Waals surface area contributed by atoms with Gasteiger partial charge < -0.3 is 20.1 Å². The molecule has 35 heavy (non-hydrogen) atoms. The molecule has 0 aromatic heterocycles. The number of alkyl halides is 3. The SMILES string of the molecule is Cc1ccc(C)c(S(=O)(=O)N(CCC(=O)N2CCNCC2)CC2CCCO2)c1.O=C(O)C(F)(F)F. The van der Waals surface area contributed by atoms with Crippen LogP contribution in [-0.4, -0.2) is 92.8 Å². The lowest BCUT2D eigenvalue weighted by Gasteiger charge is -2.29. The molecule has 1 aromatic carbocycles. The van der Waals surface area contributed by atoms with Crippen molar-refractivity contribution in [2.45, 2.75) is 50.3 Å². The van der Waals surface area contributed by atoms with E-state index in [2.05, 4.69) is 5.32 Å². The van der Waals surface area contributed by atoms with Gasteiger partial charge in [0.25, 0.3) is 0 Å². The summed E-state index contributed by atoms with van der Waals surface area (Å²) >= 11 is 0. The Morgan fingerprint density at radius 1 is 1.23 bits per heavy atom. The lowest BCUT2D eigenvalue weighted by Crippen LogP contribution is -2.47. The van der Waals surface area contributed by atoms with Crippen molar-refractivity contribution in [2.24, 2.45) is 0 Å². The molecule has 1 amide bonds. The second-order valence-electron chi connectivity index (χ2n) is 8.45. The molecule has 2 saturated heterocycles. The zero-order valence-electron chi connectivity index (χ0n) is 19.8. The first-order valence-electron chi connectivity index (χ1n) is 11.3. The van der Waals surface area contributed by atoms with E-state index in [-0.39, 0.29) is 25.0 Å². The molecule has 0 saturated carbocycles. The van der Waals surface area contributed by atoms with Crippen molar-refractivity contribution in [3.8, 4) is 0 Å². The Hall–Kier alpha value is -2.22. The van der Waals surface area contributed by atoms with Gasteiger partial charge in [-0.25, -0.2) is 13.2 Å². The molecule has 0 radical (unpaired) electrons. The van der Waals surface area contributed by atoms with E-state index in [0.29, 0.717) is 31.1 Å². The lowest BCUT2D eigenvalue weighted by atomic mass is 10.2. The average molecular weight is 524 g/mol. The van der Waals surface area contributed by atoms with Crippen LogP contribution >= 0.6 is 0 Å². The number of carboxylic acid groups (broad SMARTS) is 1. The van der Waals surface area contributed by atoms with Gasteiger partial charge in [0, 0.05) is 52.3 Å². The fourth-order valence-electron chi connectivity index (χ4n) is 3.74. The van der Waals surface area contributed by atoms with Crippen molar-refractivity contribution in [1.82, 2.24) is 14.5 Å². The fraction of sp³-hybridized carbons (Fsp3) is 0.636. The third-order valence-corrected chi connectivity index (χ3v) is 7.69. The Morgan fingerprint density at radius 2 is 1.86 bits per heavy atom. The van der Waals surface area contributed by atoms with Crippen molar-refractivity contribution in [2.75, 3.05) is 45.9 Å². The van der Waals surface area contributed by atoms with Crippen LogP contribution in [0.15, 0.2) is 23.1 Å². The van der Waals surface area contributed by atoms with E-state index in [1.807, 2.05) is 30.9 Å². The van der Waals surface area contributed by atoms with Gasteiger partial charge in [-0.15, -0.1) is 0 Å². The van der Waals surface area contributed by atoms with E-state index in [1.165, 1.54) is 4.31 Å². The van der Waals surface area contributed by atoms with Gasteiger partial charge in [0.15, 0.2) is 0 Å². The second-order valence-corrected chi connectivity index (χ2v) is 10.4. The summed E-state index contributed by atoms with van der Waals surface area (Å²) in [6.07, 6.45) is -3.20. The van der Waals surface area contributed by atoms with Gasteiger partial charge in [0.2, 0.25) is 15.9 Å². The number of rotatable bonds is 7. The van der Waals surface area contributed by atoms with Gasteiger partial charge in [-0.1, -0.05) is 12.1 Å². The van der Waals surface area contributed by atoms with Crippen LogP contribution in [0.5, 0.6) is 0 Å². The third-order valence-electron chi connectivity index (χ3n) is 5.68. The number of hydrogen-bond acceptors (Lipinski definition) is 6. The molecule has 0 spiro atoms. The Balaban J connectivity index is 0.000000540. The van der Waals surface area contributed by atoms with Crippen molar-refractivity contribution in [3.63, 3.8) is 0 Å². The molecule has 13 heteroatoms. The Kier molecular flexibility index (Phi) is 10.5. The first-order chi connectivity index (χ1) is 16.3. The predicted molar refractivity (Wildman–Crippen MR) is 121 cm³/mol. The van der Waals surface area contributed by atoms with Crippen LogP contribution in [0.2, 0.25) is 0 Å². The lowest BCUT2D eigenvalue weighted by molar-refractivity contribution is -0.192. The maximum atomic E-state index is 13.4. The van der Waals surface area contributed by atoms with E-state index >= 15 is 0 Å². The zero-order valence-corrected chi connectivity index (χ0v) is 20.6. The summed E-state index contributed by atoms with van der Waals surface area (Å²) in [4.78, 5) is 23.6. The van der Waals surface area contributed by atoms with Crippen LogP contribution in [0.1, 0.15) is 30.4 Å². The standard InChI is InChI=1S/C20H31N3O4S.C2HF3O2/c1-16-5-6-17(2)19(14-16)28(25,26)23(15-18-4-3-13-27-18)10-7-20(24)22-11-8-21-9-12-22;3-2(4,5)1(6)7/h5-6,14,18,21H,3-4,7-13,15H2,1-2H3;(H,6,7). The zero-order chi connectivity index (χ0) is 26.2. The highest BCUT2D eigenvalue weighted by Gasteiger charge is 2.38. The van der Waals surface area contributed by atoms with E-state index in [0.717, 1.165) is 37.1 Å². The summed E-state index contributed by atoms with van der Waals surface area (Å²) in [5.74, 6) is -2.75. The number of piperazine rings is 1. The highest BCUT2D eigenvalue weighted by Crippen LogP contribution is 2.24. The molecular weight excluding hydrogens is 491 g/mol. The smallest absolute Gasteiger partial charge is 0.475 e. The molecular formula is C22H32F3N3O6S. The van der Waals surface area contributed by atoms with Crippen molar-refractivity contribution < 1.29 is 41.0 Å². The highest BCUT2D eigenvalue weighted by atomic mass is 32.2. The normalized spacial score (nSPS) is 18.8. The van der Waals surface area contributed by atoms with Crippen LogP contribution in [0.25, 0.3) is 0 Å². The van der Waals surface area contributed by atoms with Gasteiger partial charge in [-0.05, 0) is 43.9 Å². The molecule has 9 nitrogen and oxygen atoms in total. The van der Waals surface area contributed by atoms with Crippen LogP contribution < -0.4 is 5.32 Å². The van der Waals surface area contributed by atoms with Gasteiger partial charge in [0.1, 0.15) is 0 Å². The van der Waals surface area contributed by atoms with E-state index in [1.54, 1.807) is 6.07 Å². The molecule has 1 unspecified atom stereocenters. The Bertz CT molecular complexity index is 975. The minimum Gasteiger partial charge on any atom is -0.475 e. The number of halogens is 3. The number of nitrogens with zero attached hydrogens (tertiary/aromatic N) is 2. The number of carbonyl (C=O) groups excluding carboxylic acids is 1. The van der Waals surface area contributed by atoms with Crippen LogP contribution in [0.4, 0.5) is 13.2 Å². The average Bonchev–Trinajstić information content (AvgIpc) is 3.31. The molecule has 2 heterocycles. The molecule has 0 bridgehead atoms. The summed E-state index contributed by atoms with van der Waals surface area (Å²) in [5, 5.41) is 10.3. The predicted octanol–water partition coefficient (Wildman–Crippen LogP) is 1.93. The number of hydrogen-bond donors (Lipinski definition) is 2. The fourth-order valence-corrected chi connectivity index (χ4v) is 5.52. The molecule has 2 fully saturated rings. The molecule has 3 rings (SSSR count). The summed E-state index contributed by atoms with van der Waals surface area (Å²) in [7, 11) is -3.70. The largest absolute Gasteiger partial charge is 0.490 e. The Morgan fingerprint density at radius 3 is 2.40 bits per heavy atom. The van der Waals surface area contributed by atoms with Crippen LogP contribution in [0, 0.1) is 13.8 Å². The molecule has 2 N–H and O–H groups in total. The maximum absolute atomic E-state index is 13.4. The number of carbonyl (C=O) groups is 2. The number of amides is 1. The summed E-state index contributed by atoms with van der Waals surface area (Å²) in [5.41, 5.74) is 1.62. The Labute approximate surface area is 203 Å². The van der Waals surface area contributed by atoms with Crippen molar-refractivity contribution >= 4 is 21.9 Å². The third kappa shape index (κ3) is 8.74. The van der Waals surface area contributed by atoms with Gasteiger partial charge in [0.05, 0.1) is 11.0 Å². The maximum Gasteiger partial charge on any atom is 0.490 e. The molecule has 0 aliphatic carbocycles. The molecule has 1 atom stereocenters. The van der Waals surface area contributed by atoms with Gasteiger partial charge in [-0.2, -0.15) is 17.5 Å². The summed E-state index contributed by atoms with van der Waals surface area (Å²) < 4.78 is 65.7. The number of carboxylic acids is 1. The number of nitrogens with one attached hydrogen (secondary N) is 1. The number of aliphatic carboxylic acids is 1. The van der Waals surface area contributed by atoms with E-state index < -0.39 is 22.2 Å². The number of ether oxygens (including phenoxy) is 1. The second kappa shape index (κ2) is 12.7. The van der Waals surface area contributed by atoms with Crippen LogP contribution in [-0.2, 0) is 24.3 Å². The van der Waals surface area contributed by atoms with Gasteiger partial charge in [-0.3, -0.25) is 4.79 Å². The van der Waals surface area contributed by atoms with Crippen LogP contribution in [0.3, 0.4) is 0 Å². The molecule has 2 aliphatic heterocycles. The van der Waals surface area contributed by atoms with Gasteiger partial charge >= 0.3 is 12.1 Å². The number of sulfonamides is 1. The molecule has 1 aromatic rings. The first-order valence-corrected chi connectivity index (χ1v) is 12.7. The minimum atomic E-state index is -5.08. The number of benzene rings is 1. The van der Waals surface area contributed by atoms with Crippen molar-refractivity contribution in [3.05, 3.63) is 29.3 Å². The molecule has 198 valence electrons. The summed E-state index contributed by atoms with van der Waals surface area (Å²) in [6, 6.07) is 5.45. The highest BCUT2D eigenvalue weighted by molar-refractivity contribution is 7.89. The first kappa shape index (κ1) is 29.0. The quantitative estimate of drug-likeness (QED) is 0.561. The van der Waals surface area contributed by atoms with E-state index in [4.69, 9.17) is 14.6 Å². The van der Waals surface area contributed by atoms with E-state index in [9.17, 15) is 26.4 Å². The minimum absolute atomic E-state index is 0.00926. The monoisotopic (exact) mass is 523 g/mol. The molecule has 2 aliphatic rings. The topological polar surface area (TPSA) is 116 Å².